The molecule has 1 atom stereocenters. The zero-order chi connectivity index (χ0) is 9.24. The molecule has 0 amide bonds. The van der Waals surface area contributed by atoms with Gasteiger partial charge in [0, 0.05) is 12.1 Å². The third kappa shape index (κ3) is 2.32. The molecule has 70 valence electrons. The van der Waals surface area contributed by atoms with E-state index in [0.29, 0.717) is 18.7 Å². The Kier molecular flexibility index (Phi) is 2.58. The maximum Gasteiger partial charge on any atom is 0.152 e. The first kappa shape index (κ1) is 9.74. The molecule has 0 bridgehead atoms. The molecule has 3 nitrogen and oxygen atoms in total. The Morgan fingerprint density at radius 1 is 1.67 bits per heavy atom. The first-order chi connectivity index (χ1) is 5.47. The molecular formula is C8H15NO2S. The molecule has 0 radical (unpaired) electrons. The summed E-state index contributed by atoms with van der Waals surface area (Å²) < 4.78 is 22.3. The zero-order valence-corrected chi connectivity index (χ0v) is 8.15. The summed E-state index contributed by atoms with van der Waals surface area (Å²) in [5, 5.41) is 3.17. The van der Waals surface area contributed by atoms with Crippen LogP contribution in [0.5, 0.6) is 0 Å². The van der Waals surface area contributed by atoms with Crippen molar-refractivity contribution in [2.45, 2.75) is 18.9 Å². The fraction of sp³-hybridized carbons (Fsp3) is 0.750. The molecule has 1 aliphatic rings. The van der Waals surface area contributed by atoms with Crippen molar-refractivity contribution >= 4 is 9.84 Å². The molecule has 1 aliphatic heterocycles. The van der Waals surface area contributed by atoms with Gasteiger partial charge in [-0.1, -0.05) is 6.08 Å². The molecule has 0 aliphatic carbocycles. The van der Waals surface area contributed by atoms with E-state index in [2.05, 4.69) is 11.9 Å². The van der Waals surface area contributed by atoms with Gasteiger partial charge in [-0.25, -0.2) is 8.42 Å². The maximum absolute atomic E-state index is 11.1. The van der Waals surface area contributed by atoms with Gasteiger partial charge in [-0.05, 0) is 13.3 Å². The topological polar surface area (TPSA) is 46.2 Å². The predicted molar refractivity (Wildman–Crippen MR) is 49.9 cm³/mol. The minimum Gasteiger partial charge on any atom is -0.307 e. The van der Waals surface area contributed by atoms with Crippen LogP contribution < -0.4 is 5.32 Å². The average Bonchev–Trinajstić information content (AvgIpc) is 2.23. The summed E-state index contributed by atoms with van der Waals surface area (Å²) in [7, 11) is -2.78. The Morgan fingerprint density at radius 3 is 2.75 bits per heavy atom. The summed E-state index contributed by atoms with van der Waals surface area (Å²) in [6, 6.07) is 0. The first-order valence-electron chi connectivity index (χ1n) is 4.04. The lowest BCUT2D eigenvalue weighted by molar-refractivity contribution is 0.418. The van der Waals surface area contributed by atoms with Crippen LogP contribution in [0.25, 0.3) is 0 Å². The molecule has 0 aromatic rings. The van der Waals surface area contributed by atoms with E-state index in [1.165, 1.54) is 0 Å². The van der Waals surface area contributed by atoms with Crippen molar-refractivity contribution in [2.75, 3.05) is 18.1 Å². The van der Waals surface area contributed by atoms with E-state index in [9.17, 15) is 8.42 Å². The fourth-order valence-electron chi connectivity index (χ4n) is 1.47. The lowest BCUT2D eigenvalue weighted by atomic mass is 10.0. The smallest absolute Gasteiger partial charge is 0.152 e. The number of rotatable bonds is 3. The first-order valence-corrected chi connectivity index (χ1v) is 5.86. The summed E-state index contributed by atoms with van der Waals surface area (Å²) in [5.74, 6) is 0.571. The number of sulfone groups is 1. The number of hydrogen-bond donors (Lipinski definition) is 1. The third-order valence-corrected chi connectivity index (χ3v) is 4.08. The Hall–Kier alpha value is -0.350. The molecule has 12 heavy (non-hydrogen) atoms. The highest BCUT2D eigenvalue weighted by molar-refractivity contribution is 7.91. The highest BCUT2D eigenvalue weighted by Crippen LogP contribution is 2.22. The van der Waals surface area contributed by atoms with Crippen molar-refractivity contribution in [3.8, 4) is 0 Å². The number of nitrogens with one attached hydrogen (secondary N) is 1. The van der Waals surface area contributed by atoms with Gasteiger partial charge >= 0.3 is 0 Å². The third-order valence-electron chi connectivity index (χ3n) is 2.18. The van der Waals surface area contributed by atoms with Crippen LogP contribution in [0.4, 0.5) is 0 Å². The molecule has 0 aromatic carbocycles. The van der Waals surface area contributed by atoms with E-state index in [1.807, 2.05) is 6.92 Å². The maximum atomic E-state index is 11.1. The second-order valence-electron chi connectivity index (χ2n) is 3.57. The summed E-state index contributed by atoms with van der Waals surface area (Å²) in [5.41, 5.74) is -0.229. The van der Waals surface area contributed by atoms with Crippen LogP contribution in [-0.2, 0) is 9.84 Å². The molecule has 0 spiro atoms. The van der Waals surface area contributed by atoms with Gasteiger partial charge in [0.05, 0.1) is 11.5 Å². The van der Waals surface area contributed by atoms with Gasteiger partial charge in [-0.15, -0.1) is 6.58 Å². The van der Waals surface area contributed by atoms with E-state index in [1.54, 1.807) is 6.08 Å². The van der Waals surface area contributed by atoms with Crippen molar-refractivity contribution in [2.24, 2.45) is 0 Å². The fourth-order valence-corrected chi connectivity index (χ4v) is 3.59. The second-order valence-corrected chi connectivity index (χ2v) is 5.76. The zero-order valence-electron chi connectivity index (χ0n) is 7.34. The lowest BCUT2D eigenvalue weighted by Crippen LogP contribution is -2.43. The van der Waals surface area contributed by atoms with Crippen LogP contribution >= 0.6 is 0 Å². The Morgan fingerprint density at radius 2 is 2.33 bits per heavy atom. The van der Waals surface area contributed by atoms with E-state index >= 15 is 0 Å². The normalized spacial score (nSPS) is 33.4. The van der Waals surface area contributed by atoms with E-state index < -0.39 is 9.84 Å². The van der Waals surface area contributed by atoms with E-state index in [-0.39, 0.29) is 11.3 Å². The number of hydrogen-bond acceptors (Lipinski definition) is 3. The highest BCUT2D eigenvalue weighted by atomic mass is 32.2. The molecule has 1 fully saturated rings. The SMILES string of the molecule is C=CCN[C@@]1(C)CCS(=O)(=O)C1. The van der Waals surface area contributed by atoms with Crippen LogP contribution in [0.15, 0.2) is 12.7 Å². The standard InChI is InChI=1S/C8H15NO2S/c1-3-5-9-8(2)4-6-12(10,11)7-8/h3,9H,1,4-7H2,2H3/t8-/m0/s1. The second kappa shape index (κ2) is 3.18. The summed E-state index contributed by atoms with van der Waals surface area (Å²) in [6.07, 6.45) is 2.46. The molecule has 1 rings (SSSR count). The Balaban J connectivity index is 2.58. The van der Waals surface area contributed by atoms with E-state index in [4.69, 9.17) is 0 Å². The molecule has 1 heterocycles. The molecule has 1 N–H and O–H groups in total. The van der Waals surface area contributed by atoms with Gasteiger partial charge in [0.2, 0.25) is 0 Å². The summed E-state index contributed by atoms with van der Waals surface area (Å²) in [4.78, 5) is 0. The van der Waals surface area contributed by atoms with Crippen molar-refractivity contribution in [1.29, 1.82) is 0 Å². The van der Waals surface area contributed by atoms with Gasteiger partial charge in [0.1, 0.15) is 0 Å². The minimum absolute atomic E-state index is 0.229. The molecule has 0 aromatic heterocycles. The largest absolute Gasteiger partial charge is 0.307 e. The monoisotopic (exact) mass is 189 g/mol. The minimum atomic E-state index is -2.78. The van der Waals surface area contributed by atoms with Crippen molar-refractivity contribution in [1.82, 2.24) is 5.32 Å². The summed E-state index contributed by atoms with van der Waals surface area (Å²) >= 11 is 0. The van der Waals surface area contributed by atoms with Gasteiger partial charge in [0.25, 0.3) is 0 Å². The van der Waals surface area contributed by atoms with E-state index in [0.717, 1.165) is 0 Å². The highest BCUT2D eigenvalue weighted by Gasteiger charge is 2.37. The van der Waals surface area contributed by atoms with Gasteiger partial charge in [-0.2, -0.15) is 0 Å². The van der Waals surface area contributed by atoms with Crippen LogP contribution in [0.3, 0.4) is 0 Å². The molecule has 1 saturated heterocycles. The van der Waals surface area contributed by atoms with Gasteiger partial charge < -0.3 is 5.32 Å². The van der Waals surface area contributed by atoms with Gasteiger partial charge in [-0.3, -0.25) is 0 Å². The average molecular weight is 189 g/mol. The van der Waals surface area contributed by atoms with Crippen LogP contribution in [0.1, 0.15) is 13.3 Å². The van der Waals surface area contributed by atoms with Crippen LogP contribution in [0.2, 0.25) is 0 Å². The molecule has 0 unspecified atom stereocenters. The molecule has 0 saturated carbocycles. The Bertz CT molecular complexity index is 271. The Labute approximate surface area is 73.8 Å². The van der Waals surface area contributed by atoms with Crippen LogP contribution in [-0.4, -0.2) is 32.0 Å². The van der Waals surface area contributed by atoms with Crippen molar-refractivity contribution in [3.63, 3.8) is 0 Å². The van der Waals surface area contributed by atoms with Crippen molar-refractivity contribution in [3.05, 3.63) is 12.7 Å². The van der Waals surface area contributed by atoms with Crippen molar-refractivity contribution < 1.29 is 8.42 Å². The quantitative estimate of drug-likeness (QED) is 0.651. The summed E-state index contributed by atoms with van der Waals surface area (Å²) in [6.45, 7) is 6.20. The van der Waals surface area contributed by atoms with Crippen LogP contribution in [0, 0.1) is 0 Å². The molecular weight excluding hydrogens is 174 g/mol. The predicted octanol–water partition coefficient (Wildman–Crippen LogP) is 0.339. The van der Waals surface area contributed by atoms with Gasteiger partial charge in [0.15, 0.2) is 9.84 Å². The molecule has 4 heteroatoms. The lowest BCUT2D eigenvalue weighted by Gasteiger charge is -2.22.